The third-order valence-electron chi connectivity index (χ3n) is 1.93. The van der Waals surface area contributed by atoms with E-state index in [-0.39, 0.29) is 0 Å². The molecule has 2 aromatic heterocycles. The van der Waals surface area contributed by atoms with Crippen LogP contribution in [0.4, 0.5) is 13.2 Å². The Morgan fingerprint density at radius 3 is 2.37 bits per heavy atom. The van der Waals surface area contributed by atoms with Gasteiger partial charge in [0.15, 0.2) is 0 Å². The van der Waals surface area contributed by atoms with Crippen molar-refractivity contribution in [3.8, 4) is 0 Å². The van der Waals surface area contributed by atoms with Gasteiger partial charge in [-0.3, -0.25) is 4.79 Å². The zero-order chi connectivity index (χ0) is 14.6. The third kappa shape index (κ3) is 3.69. The Morgan fingerprint density at radius 1 is 1.32 bits per heavy atom. The number of amides is 1. The van der Waals surface area contributed by atoms with E-state index in [1.54, 1.807) is 16.8 Å². The fourth-order valence-corrected chi connectivity index (χ4v) is 1.12. The molecule has 0 radical (unpaired) electrons. The number of carbonyl (C=O) groups is 2. The molecule has 0 bridgehead atoms. The van der Waals surface area contributed by atoms with Gasteiger partial charge in [0.25, 0.3) is 5.91 Å². The van der Waals surface area contributed by atoms with Gasteiger partial charge in [-0.15, -0.1) is 0 Å². The van der Waals surface area contributed by atoms with E-state index in [9.17, 15) is 18.0 Å². The zero-order valence-corrected chi connectivity index (χ0v) is 9.26. The van der Waals surface area contributed by atoms with E-state index in [2.05, 4.69) is 5.10 Å². The van der Waals surface area contributed by atoms with Crippen LogP contribution in [0.25, 0.3) is 5.52 Å². The number of hydrogen-bond acceptors (Lipinski definition) is 3. The van der Waals surface area contributed by atoms with Crippen LogP contribution in [-0.4, -0.2) is 32.8 Å². The van der Waals surface area contributed by atoms with E-state index < -0.39 is 18.1 Å². The Bertz CT molecular complexity index is 607. The first-order valence-corrected chi connectivity index (χ1v) is 4.75. The number of halogens is 3. The Balaban J connectivity index is 0.000000224. The van der Waals surface area contributed by atoms with Gasteiger partial charge in [0, 0.05) is 6.20 Å². The van der Waals surface area contributed by atoms with Crippen molar-refractivity contribution in [2.45, 2.75) is 6.18 Å². The summed E-state index contributed by atoms with van der Waals surface area (Å²) >= 11 is 0. The van der Waals surface area contributed by atoms with E-state index in [0.717, 1.165) is 5.52 Å². The van der Waals surface area contributed by atoms with Crippen molar-refractivity contribution in [2.24, 2.45) is 5.73 Å². The lowest BCUT2D eigenvalue weighted by Crippen LogP contribution is -2.21. The van der Waals surface area contributed by atoms with Crippen molar-refractivity contribution >= 4 is 17.4 Å². The van der Waals surface area contributed by atoms with E-state index in [1.165, 1.54) is 6.20 Å². The normalized spacial score (nSPS) is 10.7. The Morgan fingerprint density at radius 2 is 1.89 bits per heavy atom. The number of nitrogens with zero attached hydrogens (tertiary/aromatic N) is 2. The van der Waals surface area contributed by atoms with Crippen LogP contribution in [0.3, 0.4) is 0 Å². The van der Waals surface area contributed by atoms with Crippen LogP contribution in [0.5, 0.6) is 0 Å². The van der Waals surface area contributed by atoms with Crippen LogP contribution in [-0.2, 0) is 4.79 Å². The van der Waals surface area contributed by atoms with E-state index >= 15 is 0 Å². The predicted molar refractivity (Wildman–Crippen MR) is 57.4 cm³/mol. The second-order valence-corrected chi connectivity index (χ2v) is 3.26. The smallest absolute Gasteiger partial charge is 0.475 e. The fourth-order valence-electron chi connectivity index (χ4n) is 1.12. The van der Waals surface area contributed by atoms with Crippen LogP contribution in [0.1, 0.15) is 10.4 Å². The number of carbonyl (C=O) groups excluding carboxylic acids is 1. The van der Waals surface area contributed by atoms with Gasteiger partial charge in [-0.25, -0.2) is 9.31 Å². The van der Waals surface area contributed by atoms with Crippen LogP contribution in [0, 0.1) is 0 Å². The number of pyridine rings is 1. The maximum atomic E-state index is 10.8. The number of rotatable bonds is 1. The first-order chi connectivity index (χ1) is 8.73. The number of fused-ring (bicyclic) bond motifs is 1. The standard InChI is InChI=1S/C8H7N3O.C2HF3O2/c9-8(12)6-5-10-11-4-2-1-3-7(6)11;3-2(4,5)1(6)7/h1-5H,(H2,9,12);(H,6,7). The molecule has 9 heteroatoms. The molecule has 0 aromatic carbocycles. The Kier molecular flexibility index (Phi) is 4.10. The molecule has 19 heavy (non-hydrogen) atoms. The lowest BCUT2D eigenvalue weighted by molar-refractivity contribution is -0.192. The monoisotopic (exact) mass is 275 g/mol. The highest BCUT2D eigenvalue weighted by atomic mass is 19.4. The summed E-state index contributed by atoms with van der Waals surface area (Å²) in [5.41, 5.74) is 6.33. The minimum atomic E-state index is -5.08. The molecule has 6 nitrogen and oxygen atoms in total. The molecule has 3 N–H and O–H groups in total. The van der Waals surface area contributed by atoms with Gasteiger partial charge in [-0.05, 0) is 12.1 Å². The number of primary amides is 1. The quantitative estimate of drug-likeness (QED) is 0.813. The van der Waals surface area contributed by atoms with Crippen molar-refractivity contribution in [3.63, 3.8) is 0 Å². The van der Waals surface area contributed by atoms with Gasteiger partial charge in [0.05, 0.1) is 17.3 Å². The van der Waals surface area contributed by atoms with Crippen LogP contribution < -0.4 is 5.73 Å². The molecule has 2 rings (SSSR count). The zero-order valence-electron chi connectivity index (χ0n) is 9.26. The van der Waals surface area contributed by atoms with Crippen molar-refractivity contribution in [2.75, 3.05) is 0 Å². The summed E-state index contributed by atoms with van der Waals surface area (Å²) in [6.07, 6.45) is -1.85. The van der Waals surface area contributed by atoms with Gasteiger partial charge >= 0.3 is 12.1 Å². The summed E-state index contributed by atoms with van der Waals surface area (Å²) < 4.78 is 33.3. The molecule has 0 atom stereocenters. The number of aromatic nitrogens is 2. The number of hydrogen-bond donors (Lipinski definition) is 2. The maximum Gasteiger partial charge on any atom is 0.490 e. The summed E-state index contributed by atoms with van der Waals surface area (Å²) in [5.74, 6) is -3.20. The van der Waals surface area contributed by atoms with Gasteiger partial charge in [-0.2, -0.15) is 18.3 Å². The average Bonchev–Trinajstić information content (AvgIpc) is 2.72. The largest absolute Gasteiger partial charge is 0.490 e. The average molecular weight is 275 g/mol. The van der Waals surface area contributed by atoms with Crippen LogP contribution in [0.15, 0.2) is 30.6 Å². The van der Waals surface area contributed by atoms with Crippen molar-refractivity contribution in [1.82, 2.24) is 9.61 Å². The van der Waals surface area contributed by atoms with Gasteiger partial charge in [-0.1, -0.05) is 6.07 Å². The first-order valence-electron chi connectivity index (χ1n) is 4.75. The van der Waals surface area contributed by atoms with Crippen molar-refractivity contribution < 1.29 is 27.9 Å². The van der Waals surface area contributed by atoms with Crippen molar-refractivity contribution in [3.05, 3.63) is 36.2 Å². The van der Waals surface area contributed by atoms with E-state index in [0.29, 0.717) is 5.56 Å². The summed E-state index contributed by atoms with van der Waals surface area (Å²) in [5, 5.41) is 11.1. The summed E-state index contributed by atoms with van der Waals surface area (Å²) in [6, 6.07) is 5.47. The Hall–Kier alpha value is -2.58. The molecule has 0 unspecified atom stereocenters. The molecular weight excluding hydrogens is 267 g/mol. The highest BCUT2D eigenvalue weighted by Gasteiger charge is 2.38. The van der Waals surface area contributed by atoms with Gasteiger partial charge in [0.2, 0.25) is 0 Å². The molecule has 2 aromatic rings. The maximum absolute atomic E-state index is 10.8. The van der Waals surface area contributed by atoms with E-state index in [4.69, 9.17) is 15.6 Å². The SMILES string of the molecule is NC(=O)c1cnn2ccccc12.O=C(O)C(F)(F)F. The van der Waals surface area contributed by atoms with E-state index in [1.807, 2.05) is 12.1 Å². The molecule has 102 valence electrons. The van der Waals surface area contributed by atoms with Gasteiger partial charge < -0.3 is 10.8 Å². The minimum Gasteiger partial charge on any atom is -0.475 e. The molecule has 0 spiro atoms. The van der Waals surface area contributed by atoms with Crippen molar-refractivity contribution in [1.29, 1.82) is 0 Å². The first kappa shape index (κ1) is 14.5. The second kappa shape index (κ2) is 5.38. The lowest BCUT2D eigenvalue weighted by atomic mass is 10.2. The summed E-state index contributed by atoms with van der Waals surface area (Å²) in [6.45, 7) is 0. The minimum absolute atomic E-state index is 0.448. The van der Waals surface area contributed by atoms with Gasteiger partial charge in [0.1, 0.15) is 0 Å². The summed E-state index contributed by atoms with van der Waals surface area (Å²) in [4.78, 5) is 19.7. The highest BCUT2D eigenvalue weighted by Crippen LogP contribution is 2.13. The number of carboxylic acids is 1. The number of nitrogens with two attached hydrogens (primary N) is 1. The molecule has 0 saturated heterocycles. The molecule has 0 fully saturated rings. The van der Waals surface area contributed by atoms with Crippen LogP contribution in [0.2, 0.25) is 0 Å². The fraction of sp³-hybridized carbons (Fsp3) is 0.100. The Labute approximate surface area is 104 Å². The lowest BCUT2D eigenvalue weighted by Gasteiger charge is -1.93. The number of aliphatic carboxylic acids is 1. The topological polar surface area (TPSA) is 97.7 Å². The molecule has 0 saturated carbocycles. The number of carboxylic acid groups (broad SMARTS) is 1. The molecule has 2 heterocycles. The molecule has 0 aliphatic carbocycles. The molecule has 0 aliphatic heterocycles. The molecule has 0 aliphatic rings. The highest BCUT2D eigenvalue weighted by molar-refractivity contribution is 5.99. The second-order valence-electron chi connectivity index (χ2n) is 3.26. The third-order valence-corrected chi connectivity index (χ3v) is 1.93. The van der Waals surface area contributed by atoms with Crippen LogP contribution >= 0.6 is 0 Å². The number of alkyl halides is 3. The predicted octanol–water partition coefficient (Wildman–Crippen LogP) is 1.07. The molecule has 1 amide bonds. The molecular formula is C10H8F3N3O3. The summed E-state index contributed by atoms with van der Waals surface area (Å²) in [7, 11) is 0.